The van der Waals surface area contributed by atoms with Crippen LogP contribution in [0.2, 0.25) is 0 Å². The molecular weight excluding hydrogens is 140 g/mol. The molecule has 0 spiro atoms. The molecule has 11 heavy (non-hydrogen) atoms. The summed E-state index contributed by atoms with van der Waals surface area (Å²) >= 11 is 0. The van der Waals surface area contributed by atoms with Gasteiger partial charge >= 0.3 is 0 Å². The maximum absolute atomic E-state index is 5.61. The Morgan fingerprint density at radius 2 is 2.00 bits per heavy atom. The number of anilines is 1. The van der Waals surface area contributed by atoms with Crippen molar-refractivity contribution in [2.24, 2.45) is 5.73 Å². The molecule has 1 aromatic heterocycles. The Bertz CT molecular complexity index is 229. The standard InChI is InChI=1S/C7H10N4/c8-6-4-11(5-6)7-9-2-1-3-10-7/h1-3,6H,4-5,8H2. The fraction of sp³-hybridized carbons (Fsp3) is 0.429. The number of hydrogen-bond acceptors (Lipinski definition) is 4. The van der Waals surface area contributed by atoms with Gasteiger partial charge in [0.2, 0.25) is 5.95 Å². The van der Waals surface area contributed by atoms with E-state index in [0.717, 1.165) is 19.0 Å². The van der Waals surface area contributed by atoms with E-state index in [1.165, 1.54) is 0 Å². The Morgan fingerprint density at radius 3 is 2.55 bits per heavy atom. The predicted molar refractivity (Wildman–Crippen MR) is 42.2 cm³/mol. The lowest BCUT2D eigenvalue weighted by Crippen LogP contribution is -2.56. The molecule has 1 aliphatic rings. The van der Waals surface area contributed by atoms with E-state index in [0.29, 0.717) is 6.04 Å². The van der Waals surface area contributed by atoms with E-state index in [1.54, 1.807) is 12.4 Å². The first-order valence-electron chi connectivity index (χ1n) is 3.64. The summed E-state index contributed by atoms with van der Waals surface area (Å²) < 4.78 is 0. The third-order valence-corrected chi connectivity index (χ3v) is 1.74. The first kappa shape index (κ1) is 6.54. The molecule has 4 heteroatoms. The van der Waals surface area contributed by atoms with Crippen LogP contribution >= 0.6 is 0 Å². The third-order valence-electron chi connectivity index (χ3n) is 1.74. The van der Waals surface area contributed by atoms with Crippen molar-refractivity contribution in [2.45, 2.75) is 6.04 Å². The lowest BCUT2D eigenvalue weighted by Gasteiger charge is -2.36. The van der Waals surface area contributed by atoms with Crippen LogP contribution in [0, 0.1) is 0 Å². The van der Waals surface area contributed by atoms with Crippen LogP contribution in [-0.4, -0.2) is 29.1 Å². The zero-order valence-corrected chi connectivity index (χ0v) is 6.14. The predicted octanol–water partition coefficient (Wildman–Crippen LogP) is -0.376. The van der Waals surface area contributed by atoms with E-state index in [1.807, 2.05) is 6.07 Å². The normalized spacial score (nSPS) is 18.1. The van der Waals surface area contributed by atoms with E-state index in [9.17, 15) is 0 Å². The average molecular weight is 150 g/mol. The largest absolute Gasteiger partial charge is 0.338 e. The number of aromatic nitrogens is 2. The second-order valence-corrected chi connectivity index (χ2v) is 2.71. The highest BCUT2D eigenvalue weighted by molar-refractivity contribution is 5.33. The molecule has 1 aliphatic heterocycles. The topological polar surface area (TPSA) is 55.0 Å². The molecule has 0 saturated carbocycles. The van der Waals surface area contributed by atoms with Crippen LogP contribution in [0.1, 0.15) is 0 Å². The molecule has 58 valence electrons. The summed E-state index contributed by atoms with van der Waals surface area (Å²) in [6.07, 6.45) is 3.48. The smallest absolute Gasteiger partial charge is 0.225 e. The van der Waals surface area contributed by atoms with Crippen LogP contribution in [0.4, 0.5) is 5.95 Å². The van der Waals surface area contributed by atoms with Gasteiger partial charge in [-0.15, -0.1) is 0 Å². The van der Waals surface area contributed by atoms with Crippen molar-refractivity contribution in [3.05, 3.63) is 18.5 Å². The van der Waals surface area contributed by atoms with E-state index < -0.39 is 0 Å². The molecule has 1 saturated heterocycles. The van der Waals surface area contributed by atoms with Gasteiger partial charge in [0.1, 0.15) is 0 Å². The Labute approximate surface area is 65.1 Å². The van der Waals surface area contributed by atoms with Crippen molar-refractivity contribution in [3.63, 3.8) is 0 Å². The summed E-state index contributed by atoms with van der Waals surface area (Å²) in [7, 11) is 0. The number of nitrogens with zero attached hydrogens (tertiary/aromatic N) is 3. The minimum absolute atomic E-state index is 0.304. The number of nitrogens with two attached hydrogens (primary N) is 1. The quantitative estimate of drug-likeness (QED) is 0.593. The van der Waals surface area contributed by atoms with Crippen LogP contribution < -0.4 is 10.6 Å². The van der Waals surface area contributed by atoms with Gasteiger partial charge in [0, 0.05) is 31.5 Å². The summed E-state index contributed by atoms with van der Waals surface area (Å²) in [5.41, 5.74) is 5.61. The lowest BCUT2D eigenvalue weighted by molar-refractivity contribution is 0.509. The van der Waals surface area contributed by atoms with Gasteiger partial charge in [-0.1, -0.05) is 0 Å². The number of rotatable bonds is 1. The fourth-order valence-electron chi connectivity index (χ4n) is 1.13. The summed E-state index contributed by atoms with van der Waals surface area (Å²) in [5, 5.41) is 0. The maximum atomic E-state index is 5.61. The van der Waals surface area contributed by atoms with Gasteiger partial charge in [0.15, 0.2) is 0 Å². The average Bonchev–Trinajstić information content (AvgIpc) is 2.01. The molecule has 2 heterocycles. The Balaban J connectivity index is 2.08. The van der Waals surface area contributed by atoms with Crippen molar-refractivity contribution < 1.29 is 0 Å². The second kappa shape index (κ2) is 2.47. The maximum Gasteiger partial charge on any atom is 0.225 e. The lowest BCUT2D eigenvalue weighted by atomic mass is 10.1. The van der Waals surface area contributed by atoms with Crippen LogP contribution in [0.25, 0.3) is 0 Å². The highest BCUT2D eigenvalue weighted by atomic mass is 15.3. The SMILES string of the molecule is NC1CN(c2ncccn2)C1. The van der Waals surface area contributed by atoms with Gasteiger partial charge in [0.25, 0.3) is 0 Å². The molecule has 1 aromatic rings. The molecular formula is C7H10N4. The molecule has 0 radical (unpaired) electrons. The van der Waals surface area contributed by atoms with Gasteiger partial charge in [-0.05, 0) is 6.07 Å². The van der Waals surface area contributed by atoms with E-state index in [-0.39, 0.29) is 0 Å². The molecule has 0 bridgehead atoms. The minimum Gasteiger partial charge on any atom is -0.338 e. The minimum atomic E-state index is 0.304. The second-order valence-electron chi connectivity index (χ2n) is 2.71. The van der Waals surface area contributed by atoms with Crippen molar-refractivity contribution in [1.29, 1.82) is 0 Å². The Morgan fingerprint density at radius 1 is 1.36 bits per heavy atom. The van der Waals surface area contributed by atoms with E-state index in [4.69, 9.17) is 5.73 Å². The summed E-state index contributed by atoms with van der Waals surface area (Å²) in [6.45, 7) is 1.76. The molecule has 4 nitrogen and oxygen atoms in total. The molecule has 1 fully saturated rings. The summed E-state index contributed by atoms with van der Waals surface area (Å²) in [4.78, 5) is 10.2. The van der Waals surface area contributed by atoms with Crippen molar-refractivity contribution in [2.75, 3.05) is 18.0 Å². The molecule has 0 aliphatic carbocycles. The monoisotopic (exact) mass is 150 g/mol. The fourth-order valence-corrected chi connectivity index (χ4v) is 1.13. The first-order chi connectivity index (χ1) is 5.36. The first-order valence-corrected chi connectivity index (χ1v) is 3.64. The van der Waals surface area contributed by atoms with E-state index >= 15 is 0 Å². The Kier molecular flexibility index (Phi) is 1.47. The number of hydrogen-bond donors (Lipinski definition) is 1. The summed E-state index contributed by atoms with van der Waals surface area (Å²) in [5.74, 6) is 0.786. The summed E-state index contributed by atoms with van der Waals surface area (Å²) in [6, 6.07) is 2.11. The van der Waals surface area contributed by atoms with Crippen molar-refractivity contribution in [3.8, 4) is 0 Å². The molecule has 2 rings (SSSR count). The molecule has 0 unspecified atom stereocenters. The highest BCUT2D eigenvalue weighted by Crippen LogP contribution is 2.12. The van der Waals surface area contributed by atoms with E-state index in [2.05, 4.69) is 14.9 Å². The molecule has 0 atom stereocenters. The molecule has 0 aromatic carbocycles. The van der Waals surface area contributed by atoms with Crippen molar-refractivity contribution >= 4 is 5.95 Å². The van der Waals surface area contributed by atoms with Gasteiger partial charge in [0.05, 0.1) is 0 Å². The molecule has 0 amide bonds. The van der Waals surface area contributed by atoms with Gasteiger partial charge in [-0.2, -0.15) is 0 Å². The van der Waals surface area contributed by atoms with Crippen LogP contribution in [0.5, 0.6) is 0 Å². The van der Waals surface area contributed by atoms with Gasteiger partial charge in [-0.25, -0.2) is 9.97 Å². The van der Waals surface area contributed by atoms with Crippen molar-refractivity contribution in [1.82, 2.24) is 9.97 Å². The Hall–Kier alpha value is -1.16. The highest BCUT2D eigenvalue weighted by Gasteiger charge is 2.24. The zero-order valence-electron chi connectivity index (χ0n) is 6.14. The van der Waals surface area contributed by atoms with Crippen LogP contribution in [0.3, 0.4) is 0 Å². The van der Waals surface area contributed by atoms with Gasteiger partial charge in [-0.3, -0.25) is 0 Å². The van der Waals surface area contributed by atoms with Gasteiger partial charge < -0.3 is 10.6 Å². The van der Waals surface area contributed by atoms with Crippen LogP contribution in [-0.2, 0) is 0 Å². The molecule has 2 N–H and O–H groups in total. The third kappa shape index (κ3) is 1.17. The van der Waals surface area contributed by atoms with Crippen LogP contribution in [0.15, 0.2) is 18.5 Å². The zero-order chi connectivity index (χ0) is 7.68.